The van der Waals surface area contributed by atoms with Crippen molar-refractivity contribution in [2.75, 3.05) is 37.6 Å². The number of amides is 2. The summed E-state index contributed by atoms with van der Waals surface area (Å²) in [5.41, 5.74) is -0.862. The third-order valence-corrected chi connectivity index (χ3v) is 6.53. The Kier molecular flexibility index (Phi) is 6.27. The number of likely N-dealkylation sites (tertiary alicyclic amines) is 1. The van der Waals surface area contributed by atoms with E-state index >= 15 is 0 Å². The molecule has 2 amide bonds. The van der Waals surface area contributed by atoms with Crippen LogP contribution in [0.1, 0.15) is 45.1 Å². The molecule has 0 unspecified atom stereocenters. The number of rotatable bonds is 4. The SMILES string of the molecule is C[C@@H]1CN(c2ncc(C(F)(F)F)cn2)C[C@H](C)N1C(=O)NC1CCN(CC2CC2)CC1. The first-order chi connectivity index (χ1) is 14.7. The second-order valence-corrected chi connectivity index (χ2v) is 9.25. The van der Waals surface area contributed by atoms with E-state index in [2.05, 4.69) is 20.2 Å². The number of anilines is 1. The van der Waals surface area contributed by atoms with Crippen LogP contribution in [-0.4, -0.2) is 76.6 Å². The van der Waals surface area contributed by atoms with E-state index in [-0.39, 0.29) is 30.1 Å². The van der Waals surface area contributed by atoms with Gasteiger partial charge in [0.05, 0.1) is 5.56 Å². The molecule has 172 valence electrons. The van der Waals surface area contributed by atoms with E-state index in [4.69, 9.17) is 0 Å². The van der Waals surface area contributed by atoms with Crippen LogP contribution in [0.4, 0.5) is 23.9 Å². The quantitative estimate of drug-likeness (QED) is 0.780. The number of hydrogen-bond acceptors (Lipinski definition) is 5. The van der Waals surface area contributed by atoms with Gasteiger partial charge in [0.1, 0.15) is 0 Å². The molecule has 3 fully saturated rings. The Labute approximate surface area is 181 Å². The predicted octanol–water partition coefficient (Wildman–Crippen LogP) is 2.98. The lowest BCUT2D eigenvalue weighted by molar-refractivity contribution is -0.138. The zero-order valence-electron chi connectivity index (χ0n) is 18.1. The zero-order valence-corrected chi connectivity index (χ0v) is 18.1. The number of nitrogens with zero attached hydrogens (tertiary/aromatic N) is 5. The number of hydrogen-bond donors (Lipinski definition) is 1. The number of alkyl halides is 3. The van der Waals surface area contributed by atoms with E-state index in [1.165, 1.54) is 19.4 Å². The van der Waals surface area contributed by atoms with Gasteiger partial charge in [-0.1, -0.05) is 0 Å². The highest BCUT2D eigenvalue weighted by Gasteiger charge is 2.36. The van der Waals surface area contributed by atoms with E-state index < -0.39 is 11.7 Å². The third kappa shape index (κ3) is 5.39. The molecule has 7 nitrogen and oxygen atoms in total. The zero-order chi connectivity index (χ0) is 22.2. The summed E-state index contributed by atoms with van der Waals surface area (Å²) in [6.45, 7) is 8.11. The summed E-state index contributed by atoms with van der Waals surface area (Å²) < 4.78 is 38.3. The molecule has 31 heavy (non-hydrogen) atoms. The van der Waals surface area contributed by atoms with Crippen molar-refractivity contribution in [2.45, 2.75) is 63.8 Å². The molecule has 0 spiro atoms. The average molecular weight is 441 g/mol. The summed E-state index contributed by atoms with van der Waals surface area (Å²) in [7, 11) is 0. The van der Waals surface area contributed by atoms with Crippen molar-refractivity contribution in [2.24, 2.45) is 5.92 Å². The molecule has 1 aromatic rings. The molecule has 2 aliphatic heterocycles. The maximum absolute atomic E-state index is 13.0. The lowest BCUT2D eigenvalue weighted by Crippen LogP contribution is -2.62. The van der Waals surface area contributed by atoms with Crippen LogP contribution in [0.3, 0.4) is 0 Å². The summed E-state index contributed by atoms with van der Waals surface area (Å²) >= 11 is 0. The van der Waals surface area contributed by atoms with Gasteiger partial charge in [0, 0.05) is 63.2 Å². The van der Waals surface area contributed by atoms with Crippen LogP contribution in [-0.2, 0) is 6.18 Å². The number of carbonyl (C=O) groups excluding carboxylic acids is 1. The minimum atomic E-state index is -4.45. The van der Waals surface area contributed by atoms with Gasteiger partial charge in [-0.3, -0.25) is 0 Å². The van der Waals surface area contributed by atoms with Crippen LogP contribution in [0.2, 0.25) is 0 Å². The van der Waals surface area contributed by atoms with Crippen LogP contribution in [0, 0.1) is 5.92 Å². The average Bonchev–Trinajstić information content (AvgIpc) is 3.52. The minimum absolute atomic E-state index is 0.0615. The van der Waals surface area contributed by atoms with Gasteiger partial charge in [-0.15, -0.1) is 0 Å². The van der Waals surface area contributed by atoms with Crippen LogP contribution < -0.4 is 10.2 Å². The summed E-state index contributed by atoms with van der Waals surface area (Å²) in [4.78, 5) is 27.0. The molecule has 0 aromatic carbocycles. The second-order valence-electron chi connectivity index (χ2n) is 9.25. The fourth-order valence-electron chi connectivity index (χ4n) is 4.69. The molecule has 1 aromatic heterocycles. The summed E-state index contributed by atoms with van der Waals surface area (Å²) in [5, 5.41) is 3.20. The maximum Gasteiger partial charge on any atom is 0.419 e. The number of halogens is 3. The topological polar surface area (TPSA) is 64.6 Å². The van der Waals surface area contributed by atoms with E-state index in [9.17, 15) is 18.0 Å². The highest BCUT2D eigenvalue weighted by atomic mass is 19.4. The molecule has 10 heteroatoms. The molecular weight excluding hydrogens is 409 g/mol. The number of aromatic nitrogens is 2. The Morgan fingerprint density at radius 3 is 2.16 bits per heavy atom. The van der Waals surface area contributed by atoms with Gasteiger partial charge in [0.2, 0.25) is 5.95 Å². The Morgan fingerprint density at radius 1 is 1.06 bits per heavy atom. The largest absolute Gasteiger partial charge is 0.419 e. The highest BCUT2D eigenvalue weighted by Crippen LogP contribution is 2.31. The van der Waals surface area contributed by atoms with Crippen molar-refractivity contribution < 1.29 is 18.0 Å². The molecule has 3 aliphatic rings. The summed E-state index contributed by atoms with van der Waals surface area (Å²) in [6.07, 6.45) is 1.83. The predicted molar refractivity (Wildman–Crippen MR) is 111 cm³/mol. The van der Waals surface area contributed by atoms with E-state index in [0.29, 0.717) is 13.1 Å². The van der Waals surface area contributed by atoms with Crippen LogP contribution in [0.25, 0.3) is 0 Å². The second kappa shape index (κ2) is 8.80. The molecule has 3 heterocycles. The van der Waals surface area contributed by atoms with Gasteiger partial charge in [0.15, 0.2) is 0 Å². The molecule has 1 aliphatic carbocycles. The van der Waals surface area contributed by atoms with Crippen LogP contribution >= 0.6 is 0 Å². The van der Waals surface area contributed by atoms with E-state index in [0.717, 1.165) is 44.2 Å². The van der Waals surface area contributed by atoms with Gasteiger partial charge in [0.25, 0.3) is 0 Å². The Hall–Kier alpha value is -2.10. The lowest BCUT2D eigenvalue weighted by Gasteiger charge is -2.45. The molecule has 2 saturated heterocycles. The van der Waals surface area contributed by atoms with Gasteiger partial charge in [-0.25, -0.2) is 14.8 Å². The molecule has 4 rings (SSSR count). The Bertz CT molecular complexity index is 749. The normalized spacial score (nSPS) is 26.2. The molecule has 2 atom stereocenters. The highest BCUT2D eigenvalue weighted by molar-refractivity contribution is 5.75. The smallest absolute Gasteiger partial charge is 0.337 e. The standard InChI is InChI=1S/C21H31F3N6O/c1-14-11-29(19-25-9-17(10-26-19)21(22,23)24)12-15(2)30(14)20(31)27-18-5-7-28(8-6-18)13-16-3-4-16/h9-10,14-16,18H,3-8,11-13H2,1-2H3,(H,27,31)/t14-,15+. The third-order valence-electron chi connectivity index (χ3n) is 6.53. The minimum Gasteiger partial charge on any atom is -0.337 e. The van der Waals surface area contributed by atoms with Crippen LogP contribution in [0.15, 0.2) is 12.4 Å². The number of nitrogens with one attached hydrogen (secondary N) is 1. The molecule has 1 N–H and O–H groups in total. The number of piperazine rings is 1. The van der Waals surface area contributed by atoms with Gasteiger partial charge >= 0.3 is 12.2 Å². The maximum atomic E-state index is 13.0. The monoisotopic (exact) mass is 440 g/mol. The molecular formula is C21H31F3N6O. The first kappa shape index (κ1) is 22.1. The van der Waals surface area contributed by atoms with Crippen molar-refractivity contribution in [3.8, 4) is 0 Å². The van der Waals surface area contributed by atoms with E-state index in [1.54, 1.807) is 0 Å². The van der Waals surface area contributed by atoms with Crippen molar-refractivity contribution in [1.29, 1.82) is 0 Å². The lowest BCUT2D eigenvalue weighted by atomic mass is 10.0. The first-order valence-electron chi connectivity index (χ1n) is 11.2. The summed E-state index contributed by atoms with van der Waals surface area (Å²) in [6, 6.07) is -0.0820. The fourth-order valence-corrected chi connectivity index (χ4v) is 4.69. The van der Waals surface area contributed by atoms with Gasteiger partial charge in [-0.2, -0.15) is 13.2 Å². The van der Waals surface area contributed by atoms with Crippen molar-refractivity contribution in [3.63, 3.8) is 0 Å². The number of urea groups is 1. The first-order valence-corrected chi connectivity index (χ1v) is 11.2. The van der Waals surface area contributed by atoms with Crippen molar-refractivity contribution in [3.05, 3.63) is 18.0 Å². The van der Waals surface area contributed by atoms with Crippen molar-refractivity contribution in [1.82, 2.24) is 25.1 Å². The van der Waals surface area contributed by atoms with Crippen molar-refractivity contribution >= 4 is 12.0 Å². The number of piperidine rings is 1. The van der Waals surface area contributed by atoms with E-state index in [1.807, 2.05) is 23.6 Å². The van der Waals surface area contributed by atoms with Gasteiger partial charge in [-0.05, 0) is 45.4 Å². The molecule has 0 bridgehead atoms. The number of carbonyl (C=O) groups is 1. The van der Waals surface area contributed by atoms with Crippen LogP contribution in [0.5, 0.6) is 0 Å². The molecule has 1 saturated carbocycles. The molecule has 0 radical (unpaired) electrons. The fraction of sp³-hybridized carbons (Fsp3) is 0.762. The summed E-state index contributed by atoms with van der Waals surface area (Å²) in [5.74, 6) is 1.15. The Balaban J connectivity index is 1.30. The Morgan fingerprint density at radius 2 is 1.65 bits per heavy atom. The van der Waals surface area contributed by atoms with Gasteiger partial charge < -0.3 is 20.0 Å².